The Morgan fingerprint density at radius 2 is 2.12 bits per heavy atom. The molecule has 9 nitrogen and oxygen atoms in total. The standard InChI is InChI=1S/C23H27N3O6S/c1-5-16(10-18-13-32-12-15(18)2)17-6-7-19-20(11-17)24-14-26(21(19)27)9-8-23(3,22(28)25-29)33(4,30)31/h5-7,10-11,14,29H,1,8-9,12-13H2,2-4H3,(H,25,28)/b16-10+/t23-/m1/s1. The van der Waals surface area contributed by atoms with Crippen LogP contribution >= 0.6 is 0 Å². The Hall–Kier alpha value is -3.08. The number of carbonyl (C=O) groups excluding carboxylic acids is 1. The predicted molar refractivity (Wildman–Crippen MR) is 125 cm³/mol. The second kappa shape index (κ2) is 9.42. The third kappa shape index (κ3) is 4.82. The summed E-state index contributed by atoms with van der Waals surface area (Å²) in [5.41, 5.74) is 5.49. The van der Waals surface area contributed by atoms with Crippen LogP contribution in [0.25, 0.3) is 16.5 Å². The van der Waals surface area contributed by atoms with Crippen molar-refractivity contribution in [3.05, 3.63) is 70.3 Å². The number of hydrogen-bond donors (Lipinski definition) is 2. The summed E-state index contributed by atoms with van der Waals surface area (Å²) in [7, 11) is -3.87. The van der Waals surface area contributed by atoms with Gasteiger partial charge in [-0.05, 0) is 60.8 Å². The number of nitrogens with zero attached hydrogens (tertiary/aromatic N) is 2. The monoisotopic (exact) mass is 473 g/mol. The van der Waals surface area contributed by atoms with Crippen LogP contribution in [0.4, 0.5) is 0 Å². The highest BCUT2D eigenvalue weighted by atomic mass is 32.2. The number of aryl methyl sites for hydroxylation is 1. The number of hydroxylamine groups is 1. The van der Waals surface area contributed by atoms with E-state index in [1.54, 1.807) is 24.3 Å². The van der Waals surface area contributed by atoms with Crippen LogP contribution in [-0.4, -0.2) is 53.3 Å². The van der Waals surface area contributed by atoms with Gasteiger partial charge in [-0.15, -0.1) is 0 Å². The molecule has 0 radical (unpaired) electrons. The van der Waals surface area contributed by atoms with Gasteiger partial charge in [0, 0.05) is 12.8 Å². The zero-order valence-corrected chi connectivity index (χ0v) is 19.6. The number of aromatic nitrogens is 2. The van der Waals surface area contributed by atoms with E-state index in [2.05, 4.69) is 11.6 Å². The molecule has 1 aromatic carbocycles. The SMILES string of the molecule is C=C/C(=C\C1=C(C)COC1)c1ccc2c(=O)n(CC[C@](C)(C(=O)NO)S(C)(=O)=O)cnc2c1. The third-order valence-corrected chi connectivity index (χ3v) is 8.09. The first-order valence-corrected chi connectivity index (χ1v) is 12.1. The number of hydrogen-bond acceptors (Lipinski definition) is 7. The highest BCUT2D eigenvalue weighted by Crippen LogP contribution is 2.25. The van der Waals surface area contributed by atoms with Crippen molar-refractivity contribution in [1.29, 1.82) is 0 Å². The Balaban J connectivity index is 1.94. The van der Waals surface area contributed by atoms with E-state index < -0.39 is 20.5 Å². The van der Waals surface area contributed by atoms with Gasteiger partial charge < -0.3 is 4.74 Å². The second-order valence-corrected chi connectivity index (χ2v) is 10.7. The minimum Gasteiger partial charge on any atom is -0.372 e. The zero-order valence-electron chi connectivity index (χ0n) is 18.8. The fourth-order valence-corrected chi connectivity index (χ4v) is 4.40. The van der Waals surface area contributed by atoms with E-state index in [4.69, 9.17) is 9.94 Å². The topological polar surface area (TPSA) is 128 Å². The number of benzene rings is 1. The number of ether oxygens (including phenoxy) is 1. The molecule has 10 heteroatoms. The Morgan fingerprint density at radius 3 is 2.70 bits per heavy atom. The van der Waals surface area contributed by atoms with Crippen molar-refractivity contribution in [1.82, 2.24) is 15.0 Å². The van der Waals surface area contributed by atoms with Gasteiger partial charge in [-0.25, -0.2) is 18.9 Å². The van der Waals surface area contributed by atoms with Gasteiger partial charge in [0.05, 0.1) is 30.4 Å². The van der Waals surface area contributed by atoms with Gasteiger partial charge in [-0.3, -0.25) is 19.4 Å². The van der Waals surface area contributed by atoms with Crippen LogP contribution in [0.5, 0.6) is 0 Å². The maximum atomic E-state index is 13.0. The molecular formula is C23H27N3O6S. The fourth-order valence-electron chi connectivity index (χ4n) is 3.56. The van der Waals surface area contributed by atoms with Crippen molar-refractivity contribution in [2.24, 2.45) is 0 Å². The van der Waals surface area contributed by atoms with Crippen molar-refractivity contribution < 1.29 is 23.2 Å². The van der Waals surface area contributed by atoms with E-state index in [-0.39, 0.29) is 18.5 Å². The molecule has 0 bridgehead atoms. The van der Waals surface area contributed by atoms with Crippen LogP contribution in [-0.2, 0) is 25.9 Å². The smallest absolute Gasteiger partial charge is 0.264 e. The van der Waals surface area contributed by atoms with Gasteiger partial charge >= 0.3 is 0 Å². The third-order valence-electron chi connectivity index (χ3n) is 6.06. The van der Waals surface area contributed by atoms with Crippen LogP contribution in [0.3, 0.4) is 0 Å². The first-order chi connectivity index (χ1) is 15.5. The molecule has 0 aliphatic carbocycles. The number of amides is 1. The first kappa shape index (κ1) is 24.6. The van der Waals surface area contributed by atoms with Crippen LogP contribution < -0.4 is 11.0 Å². The van der Waals surface area contributed by atoms with E-state index in [1.807, 2.05) is 13.0 Å². The van der Waals surface area contributed by atoms with Gasteiger partial charge in [-0.2, -0.15) is 0 Å². The fraction of sp³-hybridized carbons (Fsp3) is 0.348. The van der Waals surface area contributed by atoms with E-state index in [0.717, 1.165) is 28.5 Å². The van der Waals surface area contributed by atoms with Crippen molar-refractivity contribution in [3.8, 4) is 0 Å². The van der Waals surface area contributed by atoms with Crippen LogP contribution in [0.15, 0.2) is 59.2 Å². The van der Waals surface area contributed by atoms with Crippen molar-refractivity contribution in [2.45, 2.75) is 31.6 Å². The summed E-state index contributed by atoms with van der Waals surface area (Å²) < 4.78 is 29.1. The molecule has 1 aliphatic heterocycles. The number of allylic oxidation sites excluding steroid dienone is 2. The predicted octanol–water partition coefficient (Wildman–Crippen LogP) is 2.01. The maximum absolute atomic E-state index is 13.0. The summed E-state index contributed by atoms with van der Waals surface area (Å²) in [6.45, 7) is 8.18. The lowest BCUT2D eigenvalue weighted by Gasteiger charge is -2.25. The molecule has 0 unspecified atom stereocenters. The van der Waals surface area contributed by atoms with E-state index in [9.17, 15) is 18.0 Å². The first-order valence-electron chi connectivity index (χ1n) is 10.3. The van der Waals surface area contributed by atoms with Crippen LogP contribution in [0.1, 0.15) is 25.8 Å². The Labute approximate surface area is 192 Å². The molecule has 1 aliphatic rings. The summed E-state index contributed by atoms with van der Waals surface area (Å²) in [5.74, 6) is -1.06. The quantitative estimate of drug-likeness (QED) is 0.341. The van der Waals surface area contributed by atoms with Gasteiger partial charge in [0.25, 0.3) is 11.5 Å². The summed E-state index contributed by atoms with van der Waals surface area (Å²) in [4.78, 5) is 29.3. The molecular weight excluding hydrogens is 446 g/mol. The van der Waals surface area contributed by atoms with Crippen molar-refractivity contribution >= 4 is 32.2 Å². The highest BCUT2D eigenvalue weighted by Gasteiger charge is 2.43. The summed E-state index contributed by atoms with van der Waals surface area (Å²) >= 11 is 0. The molecule has 1 atom stereocenters. The molecule has 2 N–H and O–H groups in total. The molecule has 2 heterocycles. The molecule has 33 heavy (non-hydrogen) atoms. The average Bonchev–Trinajstić information content (AvgIpc) is 3.19. The number of carbonyl (C=O) groups is 1. The molecule has 0 saturated carbocycles. The van der Waals surface area contributed by atoms with Crippen molar-refractivity contribution in [2.75, 3.05) is 19.5 Å². The Bertz CT molecular complexity index is 1340. The lowest BCUT2D eigenvalue weighted by Crippen LogP contribution is -2.50. The molecule has 0 saturated heterocycles. The zero-order chi connectivity index (χ0) is 24.4. The number of sulfone groups is 1. The van der Waals surface area contributed by atoms with Gasteiger partial charge in [0.1, 0.15) is 0 Å². The molecule has 2 aromatic rings. The highest BCUT2D eigenvalue weighted by molar-refractivity contribution is 7.92. The Kier molecular flexibility index (Phi) is 7.01. The Morgan fingerprint density at radius 1 is 1.39 bits per heavy atom. The largest absolute Gasteiger partial charge is 0.372 e. The summed E-state index contributed by atoms with van der Waals surface area (Å²) in [5, 5.41) is 9.31. The number of rotatable bonds is 8. The molecule has 0 fully saturated rings. The van der Waals surface area contributed by atoms with Gasteiger partial charge in [0.15, 0.2) is 14.6 Å². The van der Waals surface area contributed by atoms with Crippen LogP contribution in [0, 0.1) is 0 Å². The number of fused-ring (bicyclic) bond motifs is 1. The van der Waals surface area contributed by atoms with Gasteiger partial charge in [0.2, 0.25) is 0 Å². The maximum Gasteiger partial charge on any atom is 0.264 e. The lowest BCUT2D eigenvalue weighted by atomic mass is 10.0. The van der Waals surface area contributed by atoms with E-state index >= 15 is 0 Å². The average molecular weight is 474 g/mol. The summed E-state index contributed by atoms with van der Waals surface area (Å²) in [6.07, 6.45) is 5.76. The number of nitrogens with one attached hydrogen (secondary N) is 1. The lowest BCUT2D eigenvalue weighted by molar-refractivity contribution is -0.131. The second-order valence-electron chi connectivity index (χ2n) is 8.27. The van der Waals surface area contributed by atoms with Crippen LogP contribution in [0.2, 0.25) is 0 Å². The summed E-state index contributed by atoms with van der Waals surface area (Å²) in [6, 6.07) is 5.26. The normalized spacial score (nSPS) is 16.7. The van der Waals surface area contributed by atoms with Gasteiger partial charge in [-0.1, -0.05) is 18.7 Å². The van der Waals surface area contributed by atoms with E-state index in [1.165, 1.54) is 23.3 Å². The van der Waals surface area contributed by atoms with Crippen molar-refractivity contribution in [3.63, 3.8) is 0 Å². The minimum atomic E-state index is -3.87. The van der Waals surface area contributed by atoms with E-state index in [0.29, 0.717) is 24.1 Å². The molecule has 3 rings (SSSR count). The molecule has 176 valence electrons. The molecule has 1 amide bonds. The molecule has 1 aromatic heterocycles. The molecule has 0 spiro atoms. The minimum absolute atomic E-state index is 0.0776.